The fourth-order valence-electron chi connectivity index (χ4n) is 5.21. The number of carbonyl (C=O) groups excluding carboxylic acids is 1. The van der Waals surface area contributed by atoms with E-state index in [0.29, 0.717) is 24.6 Å². The number of fused-ring (bicyclic) bond motifs is 1. The van der Waals surface area contributed by atoms with Gasteiger partial charge in [0.2, 0.25) is 0 Å². The molecule has 1 unspecified atom stereocenters. The molecule has 3 fully saturated rings. The first kappa shape index (κ1) is 20.4. The average Bonchev–Trinajstić information content (AvgIpc) is 3.51. The van der Waals surface area contributed by atoms with Gasteiger partial charge in [0.1, 0.15) is 0 Å². The third-order valence-corrected chi connectivity index (χ3v) is 7.67. The lowest BCUT2D eigenvalue weighted by Crippen LogP contribution is -2.39. The molecular formula is C24H30BrN3O2. The van der Waals surface area contributed by atoms with Crippen LogP contribution in [0.3, 0.4) is 0 Å². The maximum absolute atomic E-state index is 13.0. The van der Waals surface area contributed by atoms with Crippen molar-refractivity contribution in [1.82, 2.24) is 9.88 Å². The van der Waals surface area contributed by atoms with E-state index in [1.807, 2.05) is 12.1 Å². The fourth-order valence-corrected chi connectivity index (χ4v) is 5.57. The summed E-state index contributed by atoms with van der Waals surface area (Å²) in [5.74, 6) is 0.883. The van der Waals surface area contributed by atoms with Crippen LogP contribution < -0.4 is 5.32 Å². The molecule has 3 aliphatic rings. The smallest absolute Gasteiger partial charge is 0.169 e. The van der Waals surface area contributed by atoms with Gasteiger partial charge in [0.25, 0.3) is 0 Å². The highest BCUT2D eigenvalue weighted by Crippen LogP contribution is 2.38. The van der Waals surface area contributed by atoms with E-state index in [4.69, 9.17) is 0 Å². The molecule has 0 amide bonds. The van der Waals surface area contributed by atoms with Crippen LogP contribution in [0.1, 0.15) is 55.3 Å². The number of aliphatic hydroxyl groups is 1. The molecule has 2 heterocycles. The number of ketones is 1. The van der Waals surface area contributed by atoms with E-state index in [9.17, 15) is 9.90 Å². The van der Waals surface area contributed by atoms with Crippen LogP contribution in [-0.4, -0.2) is 52.6 Å². The molecule has 2 aromatic rings. The van der Waals surface area contributed by atoms with E-state index >= 15 is 0 Å². The Bertz CT molecular complexity index is 937. The molecule has 0 bridgehead atoms. The standard InChI is InChI=1S/C24H30BrN3O2/c25-17-3-8-22-20(11-17)23(21(12-26-22)24(30)16-1-2-16)27-18-4-6-19(7-5-18)28-10-9-15(13-28)14-29/h3,8,11-12,15-16,18-19,29H,1-2,4-7,9-10,13-14H2,(H,26,27). The first-order valence-electron chi connectivity index (χ1n) is 11.4. The predicted molar refractivity (Wildman–Crippen MR) is 123 cm³/mol. The van der Waals surface area contributed by atoms with E-state index in [1.165, 1.54) is 12.8 Å². The first-order valence-corrected chi connectivity index (χ1v) is 12.2. The molecule has 1 atom stereocenters. The summed E-state index contributed by atoms with van der Waals surface area (Å²) in [5, 5.41) is 14.2. The Balaban J connectivity index is 1.34. The van der Waals surface area contributed by atoms with Crippen molar-refractivity contribution in [3.63, 3.8) is 0 Å². The van der Waals surface area contributed by atoms with Crippen LogP contribution in [0, 0.1) is 11.8 Å². The SMILES string of the molecule is O=C(c1cnc2ccc(Br)cc2c1NC1CCC(N2CCC(CO)C2)CC1)C1CC1. The van der Waals surface area contributed by atoms with Gasteiger partial charge < -0.3 is 15.3 Å². The summed E-state index contributed by atoms with van der Waals surface area (Å²) >= 11 is 3.59. The van der Waals surface area contributed by atoms with Gasteiger partial charge in [-0.25, -0.2) is 0 Å². The summed E-state index contributed by atoms with van der Waals surface area (Å²) in [6.45, 7) is 2.48. The number of hydrogen-bond donors (Lipinski definition) is 2. The molecule has 5 rings (SSSR count). The zero-order valence-electron chi connectivity index (χ0n) is 17.3. The number of nitrogens with zero attached hydrogens (tertiary/aromatic N) is 2. The van der Waals surface area contributed by atoms with Crippen molar-refractivity contribution in [1.29, 1.82) is 0 Å². The largest absolute Gasteiger partial charge is 0.396 e. The first-order chi connectivity index (χ1) is 14.6. The third kappa shape index (κ3) is 4.14. The molecule has 6 heteroatoms. The van der Waals surface area contributed by atoms with Gasteiger partial charge in [0.05, 0.1) is 16.8 Å². The van der Waals surface area contributed by atoms with Crippen molar-refractivity contribution in [2.75, 3.05) is 25.0 Å². The molecule has 30 heavy (non-hydrogen) atoms. The summed E-state index contributed by atoms with van der Waals surface area (Å²) in [5.41, 5.74) is 2.66. The zero-order valence-corrected chi connectivity index (χ0v) is 18.9. The molecular weight excluding hydrogens is 442 g/mol. The molecule has 0 radical (unpaired) electrons. The Kier molecular flexibility index (Phi) is 5.82. The maximum atomic E-state index is 13.0. The molecule has 160 valence electrons. The number of benzene rings is 1. The third-order valence-electron chi connectivity index (χ3n) is 7.18. The normalized spacial score (nSPS) is 27.5. The van der Waals surface area contributed by atoms with E-state index in [-0.39, 0.29) is 11.7 Å². The minimum atomic E-state index is 0.183. The molecule has 1 saturated heterocycles. The quantitative estimate of drug-likeness (QED) is 0.601. The summed E-state index contributed by atoms with van der Waals surface area (Å²) in [6, 6.07) is 7.11. The number of pyridine rings is 1. The van der Waals surface area contributed by atoms with Crippen molar-refractivity contribution in [2.45, 2.75) is 57.0 Å². The molecule has 0 spiro atoms. The lowest BCUT2D eigenvalue weighted by Gasteiger charge is -2.35. The van der Waals surface area contributed by atoms with Crippen LogP contribution in [0.2, 0.25) is 0 Å². The molecule has 1 aliphatic heterocycles. The Morgan fingerprint density at radius 3 is 2.67 bits per heavy atom. The van der Waals surface area contributed by atoms with Gasteiger partial charge in [-0.05, 0) is 75.6 Å². The second kappa shape index (κ2) is 8.56. The molecule has 1 aromatic carbocycles. The van der Waals surface area contributed by atoms with Crippen molar-refractivity contribution in [3.8, 4) is 0 Å². The highest BCUT2D eigenvalue weighted by atomic mass is 79.9. The van der Waals surface area contributed by atoms with E-state index in [0.717, 1.165) is 71.8 Å². The second-order valence-electron chi connectivity index (χ2n) is 9.33. The van der Waals surface area contributed by atoms with Gasteiger partial charge in [0.15, 0.2) is 5.78 Å². The van der Waals surface area contributed by atoms with Gasteiger partial charge in [-0.15, -0.1) is 0 Å². The van der Waals surface area contributed by atoms with E-state index < -0.39 is 0 Å². The van der Waals surface area contributed by atoms with Crippen LogP contribution in [0.25, 0.3) is 10.9 Å². The second-order valence-corrected chi connectivity index (χ2v) is 10.2. The van der Waals surface area contributed by atoms with Gasteiger partial charge in [-0.3, -0.25) is 9.78 Å². The zero-order chi connectivity index (χ0) is 20.7. The number of anilines is 1. The number of likely N-dealkylation sites (tertiary alicyclic amines) is 1. The molecule has 5 nitrogen and oxygen atoms in total. The minimum Gasteiger partial charge on any atom is -0.396 e. The highest BCUT2D eigenvalue weighted by Gasteiger charge is 2.34. The number of carbonyl (C=O) groups is 1. The van der Waals surface area contributed by atoms with Crippen LogP contribution >= 0.6 is 15.9 Å². The van der Waals surface area contributed by atoms with Crippen molar-refractivity contribution >= 4 is 38.3 Å². The molecule has 2 saturated carbocycles. The Morgan fingerprint density at radius 2 is 1.97 bits per heavy atom. The molecule has 1 aromatic heterocycles. The van der Waals surface area contributed by atoms with Gasteiger partial charge in [0, 0.05) is 47.2 Å². The summed E-state index contributed by atoms with van der Waals surface area (Å²) < 4.78 is 1.01. The van der Waals surface area contributed by atoms with Gasteiger partial charge in [-0.2, -0.15) is 0 Å². The van der Waals surface area contributed by atoms with Gasteiger partial charge >= 0.3 is 0 Å². The fraction of sp³-hybridized carbons (Fsp3) is 0.583. The highest BCUT2D eigenvalue weighted by molar-refractivity contribution is 9.10. The number of aliphatic hydroxyl groups excluding tert-OH is 1. The number of aromatic nitrogens is 1. The van der Waals surface area contributed by atoms with E-state index in [1.54, 1.807) is 6.20 Å². The maximum Gasteiger partial charge on any atom is 0.169 e. The summed E-state index contributed by atoms with van der Waals surface area (Å²) in [6.07, 6.45) is 9.49. The van der Waals surface area contributed by atoms with E-state index in [2.05, 4.69) is 37.2 Å². The van der Waals surface area contributed by atoms with Crippen LogP contribution in [0.5, 0.6) is 0 Å². The Labute approximate surface area is 186 Å². The number of hydrogen-bond acceptors (Lipinski definition) is 5. The number of halogens is 1. The predicted octanol–water partition coefficient (Wildman–Crippen LogP) is 4.63. The van der Waals surface area contributed by atoms with Crippen molar-refractivity contribution in [3.05, 3.63) is 34.4 Å². The molecule has 2 aliphatic carbocycles. The van der Waals surface area contributed by atoms with Crippen LogP contribution in [0.4, 0.5) is 5.69 Å². The van der Waals surface area contributed by atoms with Crippen molar-refractivity contribution in [2.24, 2.45) is 11.8 Å². The monoisotopic (exact) mass is 471 g/mol. The Hall–Kier alpha value is -1.50. The average molecular weight is 472 g/mol. The number of rotatable bonds is 6. The molecule has 2 N–H and O–H groups in total. The Morgan fingerprint density at radius 1 is 1.17 bits per heavy atom. The van der Waals surface area contributed by atoms with Gasteiger partial charge in [-0.1, -0.05) is 15.9 Å². The number of nitrogens with one attached hydrogen (secondary N) is 1. The summed E-state index contributed by atoms with van der Waals surface area (Å²) in [4.78, 5) is 20.1. The minimum absolute atomic E-state index is 0.183. The lowest BCUT2D eigenvalue weighted by molar-refractivity contribution is 0.0968. The summed E-state index contributed by atoms with van der Waals surface area (Å²) in [7, 11) is 0. The lowest BCUT2D eigenvalue weighted by atomic mass is 9.89. The topological polar surface area (TPSA) is 65.5 Å². The van der Waals surface area contributed by atoms with Crippen LogP contribution in [-0.2, 0) is 0 Å². The van der Waals surface area contributed by atoms with Crippen molar-refractivity contribution < 1.29 is 9.90 Å². The number of Topliss-reactive ketones (excluding diaryl/α,β-unsaturated/α-hetero) is 1. The van der Waals surface area contributed by atoms with Crippen LogP contribution in [0.15, 0.2) is 28.9 Å².